The molecule has 0 fully saturated rings. The molecule has 0 saturated heterocycles. The van der Waals surface area contributed by atoms with Crippen molar-refractivity contribution in [2.24, 2.45) is 0 Å². The predicted molar refractivity (Wildman–Crippen MR) is 75.1 cm³/mol. The van der Waals surface area contributed by atoms with Crippen molar-refractivity contribution in [1.29, 1.82) is 0 Å². The average Bonchev–Trinajstić information content (AvgIpc) is 2.37. The van der Waals surface area contributed by atoms with E-state index in [4.69, 9.17) is 9.84 Å². The fourth-order valence-corrected chi connectivity index (χ4v) is 3.19. The first-order valence-corrected chi connectivity index (χ1v) is 7.84. The van der Waals surface area contributed by atoms with Crippen LogP contribution in [0.5, 0.6) is 0 Å². The van der Waals surface area contributed by atoms with Crippen molar-refractivity contribution in [2.45, 2.75) is 25.1 Å². The number of rotatable bonds is 8. The summed E-state index contributed by atoms with van der Waals surface area (Å²) in [6.45, 7) is 2.15. The molecule has 0 aliphatic rings. The van der Waals surface area contributed by atoms with Crippen molar-refractivity contribution in [3.8, 4) is 0 Å². The van der Waals surface area contributed by atoms with Crippen LogP contribution in [0.15, 0.2) is 24.3 Å². The smallest absolute Gasteiger partial charge is 0.335 e. The lowest BCUT2D eigenvalue weighted by molar-refractivity contribution is 0.0696. The van der Waals surface area contributed by atoms with Crippen molar-refractivity contribution in [2.75, 3.05) is 13.7 Å². The first-order valence-electron chi connectivity index (χ1n) is 6.19. The topological polar surface area (TPSA) is 92.7 Å². The van der Waals surface area contributed by atoms with Crippen LogP contribution >= 0.6 is 0 Å². The maximum atomic E-state index is 12.0. The van der Waals surface area contributed by atoms with Gasteiger partial charge in [0.1, 0.15) is 0 Å². The first-order chi connectivity index (χ1) is 9.38. The van der Waals surface area contributed by atoms with Crippen molar-refractivity contribution < 1.29 is 23.1 Å². The summed E-state index contributed by atoms with van der Waals surface area (Å²) >= 11 is 0. The van der Waals surface area contributed by atoms with Crippen LogP contribution in [0.3, 0.4) is 0 Å². The second-order valence-corrected chi connectivity index (χ2v) is 6.20. The van der Waals surface area contributed by atoms with Gasteiger partial charge in [-0.1, -0.05) is 19.1 Å². The van der Waals surface area contributed by atoms with E-state index in [0.717, 1.165) is 0 Å². The Kier molecular flexibility index (Phi) is 6.12. The molecule has 0 saturated carbocycles. The van der Waals surface area contributed by atoms with Gasteiger partial charge in [0.2, 0.25) is 10.0 Å². The van der Waals surface area contributed by atoms with Crippen molar-refractivity contribution in [3.05, 3.63) is 35.4 Å². The highest BCUT2D eigenvalue weighted by atomic mass is 32.2. The van der Waals surface area contributed by atoms with Crippen LogP contribution in [-0.4, -0.2) is 39.3 Å². The molecule has 0 amide bonds. The second-order valence-electron chi connectivity index (χ2n) is 4.44. The number of carboxylic acids is 1. The summed E-state index contributed by atoms with van der Waals surface area (Å²) in [4.78, 5) is 10.8. The van der Waals surface area contributed by atoms with Crippen molar-refractivity contribution in [3.63, 3.8) is 0 Å². The zero-order chi connectivity index (χ0) is 15.2. The fraction of sp³-hybridized carbons (Fsp3) is 0.462. The number of carboxylic acid groups (broad SMARTS) is 1. The number of nitrogens with one attached hydrogen (secondary N) is 1. The van der Waals surface area contributed by atoms with Crippen LogP contribution in [0.1, 0.15) is 29.3 Å². The number of aromatic carboxylic acids is 1. The number of benzene rings is 1. The third-order valence-corrected chi connectivity index (χ3v) is 4.14. The van der Waals surface area contributed by atoms with Gasteiger partial charge >= 0.3 is 5.97 Å². The van der Waals surface area contributed by atoms with Gasteiger partial charge in [0.05, 0.1) is 17.9 Å². The molecule has 0 radical (unpaired) electrons. The predicted octanol–water partition coefficient (Wildman–Crippen LogP) is 1.23. The average molecular weight is 301 g/mol. The quantitative estimate of drug-likeness (QED) is 0.753. The van der Waals surface area contributed by atoms with Gasteiger partial charge in [-0.05, 0) is 24.1 Å². The highest BCUT2D eigenvalue weighted by Gasteiger charge is 2.17. The molecule has 0 heterocycles. The van der Waals surface area contributed by atoms with Crippen LogP contribution in [0, 0.1) is 0 Å². The third kappa shape index (κ3) is 5.28. The summed E-state index contributed by atoms with van der Waals surface area (Å²) in [6, 6.07) is 5.61. The molecule has 0 aliphatic heterocycles. The summed E-state index contributed by atoms with van der Waals surface area (Å²) in [5.41, 5.74) is 0.506. The summed E-state index contributed by atoms with van der Waals surface area (Å²) in [5.74, 6) is -1.34. The minimum absolute atomic E-state index is 0.0710. The Labute approximate surface area is 118 Å². The lowest BCUT2D eigenvalue weighted by Gasteiger charge is -2.16. The number of hydrogen-bond acceptors (Lipinski definition) is 4. The molecular formula is C13H19NO5S. The van der Waals surface area contributed by atoms with E-state index < -0.39 is 16.0 Å². The number of methoxy groups -OCH3 is 1. The first kappa shape index (κ1) is 16.6. The molecule has 1 rings (SSSR count). The normalized spacial score (nSPS) is 13.1. The highest BCUT2D eigenvalue weighted by molar-refractivity contribution is 7.88. The summed E-state index contributed by atoms with van der Waals surface area (Å²) in [5, 5.41) is 8.88. The van der Waals surface area contributed by atoms with Crippen LogP contribution in [-0.2, 0) is 20.5 Å². The van der Waals surface area contributed by atoms with Crippen LogP contribution < -0.4 is 4.72 Å². The molecule has 0 aromatic heterocycles. The molecule has 6 nitrogen and oxygen atoms in total. The van der Waals surface area contributed by atoms with Crippen molar-refractivity contribution >= 4 is 16.0 Å². The molecule has 112 valence electrons. The summed E-state index contributed by atoms with van der Waals surface area (Å²) in [6.07, 6.45) is 0.613. The Morgan fingerprint density at radius 2 is 2.15 bits per heavy atom. The van der Waals surface area contributed by atoms with Crippen LogP contribution in [0.2, 0.25) is 0 Å². The molecule has 1 atom stereocenters. The zero-order valence-electron chi connectivity index (χ0n) is 11.5. The van der Waals surface area contributed by atoms with E-state index in [0.29, 0.717) is 18.6 Å². The molecule has 0 spiro atoms. The maximum absolute atomic E-state index is 12.0. The largest absolute Gasteiger partial charge is 0.478 e. The van der Waals surface area contributed by atoms with Gasteiger partial charge in [0.15, 0.2) is 0 Å². The second kappa shape index (κ2) is 7.37. The Morgan fingerprint density at radius 3 is 2.70 bits per heavy atom. The van der Waals surface area contributed by atoms with Gasteiger partial charge in [0.25, 0.3) is 0 Å². The molecule has 1 aromatic rings. The number of hydrogen-bond donors (Lipinski definition) is 2. The van der Waals surface area contributed by atoms with Crippen LogP contribution in [0.25, 0.3) is 0 Å². The number of sulfonamides is 1. The van der Waals surface area contributed by atoms with Gasteiger partial charge in [-0.2, -0.15) is 0 Å². The number of carbonyl (C=O) groups is 1. The zero-order valence-corrected chi connectivity index (χ0v) is 12.3. The molecule has 2 N–H and O–H groups in total. The molecule has 7 heteroatoms. The Hall–Kier alpha value is -1.44. The van der Waals surface area contributed by atoms with Gasteiger partial charge in [-0.25, -0.2) is 17.9 Å². The molecule has 0 bridgehead atoms. The Balaban J connectivity index is 2.80. The van der Waals surface area contributed by atoms with E-state index in [1.165, 1.54) is 25.3 Å². The van der Waals surface area contributed by atoms with E-state index in [-0.39, 0.29) is 17.4 Å². The standard InChI is InChI=1S/C13H19NO5S/c1-3-12(8-19-2)14-20(17,18)9-10-5-4-6-11(7-10)13(15)16/h4-7,12,14H,3,8-9H2,1-2H3,(H,15,16). The van der Waals surface area contributed by atoms with Gasteiger partial charge in [-0.3, -0.25) is 0 Å². The lowest BCUT2D eigenvalue weighted by Crippen LogP contribution is -2.38. The lowest BCUT2D eigenvalue weighted by atomic mass is 10.1. The van der Waals surface area contributed by atoms with Gasteiger partial charge < -0.3 is 9.84 Å². The Bertz CT molecular complexity index is 556. The fourth-order valence-electron chi connectivity index (χ4n) is 1.75. The molecule has 20 heavy (non-hydrogen) atoms. The van der Waals surface area contributed by atoms with E-state index in [1.807, 2.05) is 6.92 Å². The van der Waals surface area contributed by atoms with Crippen LogP contribution in [0.4, 0.5) is 0 Å². The summed E-state index contributed by atoms with van der Waals surface area (Å²) in [7, 11) is -2.03. The van der Waals surface area contributed by atoms with E-state index >= 15 is 0 Å². The maximum Gasteiger partial charge on any atom is 0.335 e. The SMILES string of the molecule is CCC(COC)NS(=O)(=O)Cc1cccc(C(=O)O)c1. The summed E-state index contributed by atoms with van der Waals surface area (Å²) < 4.78 is 31.5. The Morgan fingerprint density at radius 1 is 1.45 bits per heavy atom. The highest BCUT2D eigenvalue weighted by Crippen LogP contribution is 2.09. The monoisotopic (exact) mass is 301 g/mol. The van der Waals surface area contributed by atoms with E-state index in [9.17, 15) is 13.2 Å². The molecule has 1 unspecified atom stereocenters. The molecule has 0 aliphatic carbocycles. The minimum atomic E-state index is -3.53. The van der Waals surface area contributed by atoms with Gasteiger partial charge in [-0.15, -0.1) is 0 Å². The van der Waals surface area contributed by atoms with Gasteiger partial charge in [0, 0.05) is 13.2 Å². The number of ether oxygens (including phenoxy) is 1. The van der Waals surface area contributed by atoms with E-state index in [1.54, 1.807) is 6.07 Å². The van der Waals surface area contributed by atoms with E-state index in [2.05, 4.69) is 4.72 Å². The minimum Gasteiger partial charge on any atom is -0.478 e. The third-order valence-electron chi connectivity index (χ3n) is 2.74. The molecule has 1 aromatic carbocycles. The van der Waals surface area contributed by atoms with Crippen molar-refractivity contribution in [1.82, 2.24) is 4.72 Å². The molecular weight excluding hydrogens is 282 g/mol.